The highest BCUT2D eigenvalue weighted by Crippen LogP contribution is 2.49. The molecule has 2 heterocycles. The van der Waals surface area contributed by atoms with E-state index in [-0.39, 0.29) is 0 Å². The van der Waals surface area contributed by atoms with Crippen LogP contribution in [0, 0.1) is 0 Å². The summed E-state index contributed by atoms with van der Waals surface area (Å²) in [6.45, 7) is 0. The summed E-state index contributed by atoms with van der Waals surface area (Å²) in [5.74, 6) is 0. The summed E-state index contributed by atoms with van der Waals surface area (Å²) in [5.41, 5.74) is 6.48. The van der Waals surface area contributed by atoms with Gasteiger partial charge in [0.05, 0.1) is 0 Å². The zero-order chi connectivity index (χ0) is 27.6. The van der Waals surface area contributed by atoms with E-state index < -0.39 is 0 Å². The Kier molecular flexibility index (Phi) is 5.34. The maximum atomic E-state index is 2.35. The standard InChI is InChI=1S/C40H24S2/c1-3-12-25(13-4-1)35-24-27-22-23-34-38(39(27)42-35)33-21-11-20-32(40(33)41-34)37-30-18-9-7-16-28(30)36(26-14-5-2-6-15-26)29-17-8-10-19-31(29)37/h1-24H. The van der Waals surface area contributed by atoms with Crippen LogP contribution in [0.5, 0.6) is 0 Å². The van der Waals surface area contributed by atoms with E-state index in [0.29, 0.717) is 0 Å². The fourth-order valence-electron chi connectivity index (χ4n) is 6.65. The summed E-state index contributed by atoms with van der Waals surface area (Å²) in [5, 5.41) is 9.24. The second-order valence-electron chi connectivity index (χ2n) is 10.8. The number of fused-ring (bicyclic) bond motifs is 7. The molecular weight excluding hydrogens is 545 g/mol. The number of benzene rings is 7. The molecule has 0 nitrogen and oxygen atoms in total. The fraction of sp³-hybridized carbons (Fsp3) is 0. The summed E-state index contributed by atoms with van der Waals surface area (Å²) >= 11 is 3.84. The Bertz CT molecular complexity index is 2390. The Hall–Kier alpha value is -4.76. The Morgan fingerprint density at radius 3 is 1.62 bits per heavy atom. The van der Waals surface area contributed by atoms with Crippen molar-refractivity contribution < 1.29 is 0 Å². The molecule has 9 rings (SSSR count). The SMILES string of the molecule is c1ccc(-c2cc3ccc4sc5c(-c6c7ccccc7c(-c7ccccc7)c7ccccc67)cccc5c4c3s2)cc1. The van der Waals surface area contributed by atoms with E-state index in [4.69, 9.17) is 0 Å². The molecule has 0 fully saturated rings. The molecule has 0 aliphatic carbocycles. The first-order valence-corrected chi connectivity index (χ1v) is 15.9. The maximum Gasteiger partial charge on any atom is 0.0442 e. The van der Waals surface area contributed by atoms with Crippen molar-refractivity contribution in [2.24, 2.45) is 0 Å². The molecule has 0 spiro atoms. The molecule has 0 aliphatic heterocycles. The van der Waals surface area contributed by atoms with Crippen LogP contribution in [0.25, 0.3) is 84.5 Å². The van der Waals surface area contributed by atoms with E-state index in [1.54, 1.807) is 0 Å². The highest BCUT2D eigenvalue weighted by Gasteiger charge is 2.20. The molecule has 0 amide bonds. The van der Waals surface area contributed by atoms with Gasteiger partial charge in [0.25, 0.3) is 0 Å². The molecule has 0 saturated heterocycles. The lowest BCUT2D eigenvalue weighted by Gasteiger charge is -2.18. The van der Waals surface area contributed by atoms with E-state index in [9.17, 15) is 0 Å². The van der Waals surface area contributed by atoms with Crippen LogP contribution in [0.15, 0.2) is 146 Å². The van der Waals surface area contributed by atoms with Gasteiger partial charge in [0.15, 0.2) is 0 Å². The summed E-state index contributed by atoms with van der Waals surface area (Å²) in [6.07, 6.45) is 0. The lowest BCUT2D eigenvalue weighted by Crippen LogP contribution is -1.90. The van der Waals surface area contributed by atoms with Crippen molar-refractivity contribution in [1.82, 2.24) is 0 Å². The van der Waals surface area contributed by atoms with Gasteiger partial charge in [-0.3, -0.25) is 0 Å². The van der Waals surface area contributed by atoms with Crippen LogP contribution in [0.2, 0.25) is 0 Å². The summed E-state index contributed by atoms with van der Waals surface area (Å²) < 4.78 is 4.09. The smallest absolute Gasteiger partial charge is 0.0442 e. The second kappa shape index (κ2) is 9.39. The Labute approximate surface area is 251 Å². The van der Waals surface area contributed by atoms with Crippen molar-refractivity contribution in [3.8, 4) is 32.7 Å². The van der Waals surface area contributed by atoms with E-state index >= 15 is 0 Å². The maximum absolute atomic E-state index is 2.35. The molecule has 7 aromatic carbocycles. The van der Waals surface area contributed by atoms with Crippen LogP contribution < -0.4 is 0 Å². The molecule has 0 aliphatic rings. The molecule has 0 saturated carbocycles. The number of thiophene rings is 2. The van der Waals surface area contributed by atoms with E-state index in [0.717, 1.165) is 0 Å². The number of rotatable bonds is 3. The molecule has 0 radical (unpaired) electrons. The first-order chi connectivity index (χ1) is 20.8. The fourth-order valence-corrected chi connectivity index (χ4v) is 9.18. The van der Waals surface area contributed by atoms with Gasteiger partial charge >= 0.3 is 0 Å². The monoisotopic (exact) mass is 568 g/mol. The van der Waals surface area contributed by atoms with Crippen LogP contribution >= 0.6 is 22.7 Å². The predicted octanol–water partition coefficient (Wildman–Crippen LogP) is 12.6. The van der Waals surface area contributed by atoms with Crippen molar-refractivity contribution in [2.75, 3.05) is 0 Å². The zero-order valence-electron chi connectivity index (χ0n) is 22.7. The highest BCUT2D eigenvalue weighted by atomic mass is 32.1. The van der Waals surface area contributed by atoms with Crippen LogP contribution in [0.3, 0.4) is 0 Å². The topological polar surface area (TPSA) is 0 Å². The minimum Gasteiger partial charge on any atom is -0.135 e. The van der Waals surface area contributed by atoms with Crippen molar-refractivity contribution in [1.29, 1.82) is 0 Å². The highest BCUT2D eigenvalue weighted by molar-refractivity contribution is 7.28. The molecule has 0 atom stereocenters. The van der Waals surface area contributed by atoms with Gasteiger partial charge in [-0.25, -0.2) is 0 Å². The van der Waals surface area contributed by atoms with Crippen molar-refractivity contribution in [3.05, 3.63) is 146 Å². The van der Waals surface area contributed by atoms with Crippen molar-refractivity contribution in [3.63, 3.8) is 0 Å². The molecular formula is C40H24S2. The number of hydrogen-bond acceptors (Lipinski definition) is 2. The Balaban J connectivity index is 1.38. The normalized spacial score (nSPS) is 11.8. The third-order valence-electron chi connectivity index (χ3n) is 8.47. The second-order valence-corrected chi connectivity index (χ2v) is 12.9. The van der Waals surface area contributed by atoms with Gasteiger partial charge < -0.3 is 0 Å². The van der Waals surface area contributed by atoms with E-state index in [2.05, 4.69) is 146 Å². The average molecular weight is 569 g/mol. The van der Waals surface area contributed by atoms with Gasteiger partial charge in [-0.15, -0.1) is 22.7 Å². The minimum absolute atomic E-state index is 1.26. The number of hydrogen-bond donors (Lipinski definition) is 0. The van der Waals surface area contributed by atoms with E-state index in [1.807, 2.05) is 22.7 Å². The largest absolute Gasteiger partial charge is 0.135 e. The first kappa shape index (κ1) is 23.9. The van der Waals surface area contributed by atoms with Gasteiger partial charge in [-0.05, 0) is 61.3 Å². The third-order valence-corrected chi connectivity index (χ3v) is 10.9. The van der Waals surface area contributed by atoms with Crippen molar-refractivity contribution >= 4 is 74.5 Å². The molecule has 0 N–H and O–H groups in total. The molecule has 0 unspecified atom stereocenters. The molecule has 2 heteroatoms. The summed E-state index contributed by atoms with van der Waals surface area (Å²) in [6, 6.07) is 53.4. The van der Waals surface area contributed by atoms with Crippen LogP contribution in [0.4, 0.5) is 0 Å². The summed E-state index contributed by atoms with van der Waals surface area (Å²) in [4.78, 5) is 1.32. The average Bonchev–Trinajstić information content (AvgIpc) is 3.66. The Morgan fingerprint density at radius 1 is 0.381 bits per heavy atom. The zero-order valence-corrected chi connectivity index (χ0v) is 24.3. The quantitative estimate of drug-likeness (QED) is 0.186. The van der Waals surface area contributed by atoms with Gasteiger partial charge in [0.1, 0.15) is 0 Å². The molecule has 2 aromatic heterocycles. The van der Waals surface area contributed by atoms with Gasteiger partial charge in [0, 0.05) is 35.3 Å². The van der Waals surface area contributed by atoms with Gasteiger partial charge in [-0.2, -0.15) is 0 Å². The van der Waals surface area contributed by atoms with Crippen LogP contribution in [-0.4, -0.2) is 0 Å². The first-order valence-electron chi connectivity index (χ1n) is 14.3. The molecule has 42 heavy (non-hydrogen) atoms. The van der Waals surface area contributed by atoms with E-state index in [1.165, 1.54) is 84.5 Å². The lowest BCUT2D eigenvalue weighted by molar-refractivity contribution is 1.67. The minimum atomic E-state index is 1.26. The third kappa shape index (κ3) is 3.53. The summed E-state index contributed by atoms with van der Waals surface area (Å²) in [7, 11) is 0. The van der Waals surface area contributed by atoms with Gasteiger partial charge in [0.2, 0.25) is 0 Å². The van der Waals surface area contributed by atoms with Crippen LogP contribution in [0.1, 0.15) is 0 Å². The molecule has 196 valence electrons. The van der Waals surface area contributed by atoms with Crippen LogP contribution in [-0.2, 0) is 0 Å². The van der Waals surface area contributed by atoms with Crippen molar-refractivity contribution in [2.45, 2.75) is 0 Å². The lowest BCUT2D eigenvalue weighted by atomic mass is 9.86. The Morgan fingerprint density at radius 2 is 0.952 bits per heavy atom. The predicted molar refractivity (Wildman–Crippen MR) is 186 cm³/mol. The molecule has 0 bridgehead atoms. The van der Waals surface area contributed by atoms with Gasteiger partial charge in [-0.1, -0.05) is 133 Å². The molecule has 9 aromatic rings.